The van der Waals surface area contributed by atoms with Gasteiger partial charge in [0.25, 0.3) is 0 Å². The van der Waals surface area contributed by atoms with Crippen molar-refractivity contribution >= 4 is 11.6 Å². The summed E-state index contributed by atoms with van der Waals surface area (Å²) in [5, 5.41) is 11.8. The molecule has 12 heavy (non-hydrogen) atoms. The topological polar surface area (TPSA) is 32.3 Å². The Kier molecular flexibility index (Phi) is 9.00. The molecule has 1 radical (unpaired) electrons. The number of hydrogen-bond donors (Lipinski definition) is 2. The van der Waals surface area contributed by atoms with Crippen LogP contribution in [0.1, 0.15) is 19.8 Å². The van der Waals surface area contributed by atoms with E-state index in [2.05, 4.69) is 5.32 Å². The fourth-order valence-corrected chi connectivity index (χ4v) is 0.817. The lowest BCUT2D eigenvalue weighted by molar-refractivity contribution is 0.331. The van der Waals surface area contributed by atoms with Crippen molar-refractivity contribution in [1.82, 2.24) is 5.32 Å². The number of rotatable bonds is 7. The normalized spacial score (nSPS) is 12.1. The van der Waals surface area contributed by atoms with Crippen LogP contribution in [-0.2, 0) is 0 Å². The molecule has 0 atom stereocenters. The average Bonchev–Trinajstić information content (AvgIpc) is 2.10. The zero-order valence-electron chi connectivity index (χ0n) is 7.52. The third-order valence-corrected chi connectivity index (χ3v) is 1.71. The van der Waals surface area contributed by atoms with Crippen LogP contribution >= 0.6 is 11.6 Å². The van der Waals surface area contributed by atoms with E-state index in [1.54, 1.807) is 0 Å². The highest BCUT2D eigenvalue weighted by molar-refractivity contribution is 6.17. The lowest BCUT2D eigenvalue weighted by atomic mass is 10.3. The summed E-state index contributed by atoms with van der Waals surface area (Å²) in [6, 6.07) is 0. The maximum absolute atomic E-state index is 8.65. The third kappa shape index (κ3) is 8.05. The minimum atomic E-state index is 0.142. The van der Waals surface area contributed by atoms with Crippen LogP contribution in [0.2, 0.25) is 0 Å². The molecule has 0 aromatic carbocycles. The van der Waals surface area contributed by atoms with Crippen LogP contribution in [-0.4, -0.2) is 24.1 Å². The molecule has 71 valence electrons. The largest absolute Gasteiger partial charge is 0.392 e. The van der Waals surface area contributed by atoms with Gasteiger partial charge in [-0.3, -0.25) is 0 Å². The molecular weight excluding hydrogens is 174 g/mol. The predicted octanol–water partition coefficient (Wildman–Crippen LogP) is 1.70. The van der Waals surface area contributed by atoms with Gasteiger partial charge in [-0.2, -0.15) is 0 Å². The van der Waals surface area contributed by atoms with E-state index in [1.807, 2.05) is 19.5 Å². The van der Waals surface area contributed by atoms with Crippen LogP contribution in [0, 0.1) is 6.54 Å². The molecule has 3 heteroatoms. The van der Waals surface area contributed by atoms with E-state index >= 15 is 0 Å². The Balaban J connectivity index is 3.10. The van der Waals surface area contributed by atoms with Gasteiger partial charge in [0.2, 0.25) is 0 Å². The molecule has 0 aromatic rings. The zero-order chi connectivity index (χ0) is 9.23. The molecule has 0 fully saturated rings. The van der Waals surface area contributed by atoms with Gasteiger partial charge in [0, 0.05) is 19.0 Å². The lowest BCUT2D eigenvalue weighted by Crippen LogP contribution is -2.10. The van der Waals surface area contributed by atoms with Crippen molar-refractivity contribution in [3.8, 4) is 0 Å². The Bertz CT molecular complexity index is 126. The van der Waals surface area contributed by atoms with Gasteiger partial charge in [-0.25, -0.2) is 0 Å². The summed E-state index contributed by atoms with van der Waals surface area (Å²) in [6.07, 6.45) is 3.98. The van der Waals surface area contributed by atoms with Crippen molar-refractivity contribution in [3.05, 3.63) is 18.2 Å². The number of halogens is 1. The van der Waals surface area contributed by atoms with Crippen LogP contribution in [0.4, 0.5) is 0 Å². The summed E-state index contributed by atoms with van der Waals surface area (Å²) in [6.45, 7) is 4.84. The van der Waals surface area contributed by atoms with Crippen LogP contribution in [0.25, 0.3) is 0 Å². The lowest BCUT2D eigenvalue weighted by Gasteiger charge is -1.99. The number of aliphatic hydroxyl groups is 1. The molecule has 0 aliphatic carbocycles. The minimum Gasteiger partial charge on any atom is -0.392 e. The Labute approximate surface area is 79.6 Å². The number of unbranched alkanes of at least 4 members (excludes halogenated alkanes) is 1. The van der Waals surface area contributed by atoms with E-state index in [-0.39, 0.29) is 6.61 Å². The average molecular weight is 191 g/mol. The molecule has 0 rings (SSSR count). The predicted molar refractivity (Wildman–Crippen MR) is 53.1 cm³/mol. The smallest absolute Gasteiger partial charge is 0.0639 e. The molecule has 2 nitrogen and oxygen atoms in total. The molecule has 0 saturated carbocycles. The summed E-state index contributed by atoms with van der Waals surface area (Å²) in [5.41, 5.74) is 0.994. The molecule has 0 unspecified atom stereocenters. The van der Waals surface area contributed by atoms with Crippen molar-refractivity contribution in [2.45, 2.75) is 19.8 Å². The highest BCUT2D eigenvalue weighted by atomic mass is 35.5. The first-order valence-electron chi connectivity index (χ1n) is 4.18. The quantitative estimate of drug-likeness (QED) is 0.364. The van der Waals surface area contributed by atoms with Crippen LogP contribution in [0.15, 0.2) is 11.6 Å². The number of hydrogen-bond acceptors (Lipinski definition) is 2. The Hall–Kier alpha value is -0.0500. The first kappa shape index (κ1) is 11.9. The van der Waals surface area contributed by atoms with Gasteiger partial charge >= 0.3 is 0 Å². The minimum absolute atomic E-state index is 0.142. The van der Waals surface area contributed by atoms with E-state index < -0.39 is 0 Å². The van der Waals surface area contributed by atoms with Gasteiger partial charge in [-0.1, -0.05) is 11.6 Å². The van der Waals surface area contributed by atoms with E-state index in [9.17, 15) is 0 Å². The highest BCUT2D eigenvalue weighted by Crippen LogP contribution is 1.93. The molecule has 0 amide bonds. The maximum Gasteiger partial charge on any atom is 0.0639 e. The molecule has 0 saturated heterocycles. The van der Waals surface area contributed by atoms with E-state index in [4.69, 9.17) is 16.7 Å². The van der Waals surface area contributed by atoms with Crippen LogP contribution in [0.3, 0.4) is 0 Å². The third-order valence-electron chi connectivity index (χ3n) is 1.44. The number of nitrogens with one attached hydrogen (secondary N) is 1. The Morgan fingerprint density at radius 1 is 1.58 bits per heavy atom. The van der Waals surface area contributed by atoms with Crippen molar-refractivity contribution in [2.75, 3.05) is 19.0 Å². The van der Waals surface area contributed by atoms with Crippen molar-refractivity contribution in [3.63, 3.8) is 0 Å². The Morgan fingerprint density at radius 2 is 2.33 bits per heavy atom. The molecule has 0 aliphatic rings. The van der Waals surface area contributed by atoms with Gasteiger partial charge in [-0.05, 0) is 19.8 Å². The molecule has 0 heterocycles. The van der Waals surface area contributed by atoms with Crippen molar-refractivity contribution in [2.24, 2.45) is 0 Å². The second-order valence-electron chi connectivity index (χ2n) is 2.65. The summed E-state index contributed by atoms with van der Waals surface area (Å²) >= 11 is 5.49. The SMILES string of the molecule is C/C(=C\CN[CH]CCCCl)CO. The first-order chi connectivity index (χ1) is 5.81. The first-order valence-corrected chi connectivity index (χ1v) is 4.72. The highest BCUT2D eigenvalue weighted by Gasteiger charge is 1.87. The fraction of sp³-hybridized carbons (Fsp3) is 0.667. The molecule has 0 aliphatic heterocycles. The van der Waals surface area contributed by atoms with Gasteiger partial charge < -0.3 is 10.4 Å². The molecule has 2 N–H and O–H groups in total. The molecule has 0 aromatic heterocycles. The monoisotopic (exact) mass is 190 g/mol. The van der Waals surface area contributed by atoms with Gasteiger partial charge in [0.15, 0.2) is 0 Å². The zero-order valence-corrected chi connectivity index (χ0v) is 8.27. The molecular formula is C9H17ClNO. The molecule has 0 spiro atoms. The van der Waals surface area contributed by atoms with Crippen LogP contribution in [0.5, 0.6) is 0 Å². The van der Waals surface area contributed by atoms with E-state index in [0.29, 0.717) is 5.88 Å². The Morgan fingerprint density at radius 3 is 2.92 bits per heavy atom. The number of aliphatic hydroxyl groups excluding tert-OH is 1. The van der Waals surface area contributed by atoms with E-state index in [1.165, 1.54) is 0 Å². The van der Waals surface area contributed by atoms with Crippen molar-refractivity contribution in [1.29, 1.82) is 0 Å². The second kappa shape index (κ2) is 9.04. The summed E-state index contributed by atoms with van der Waals surface area (Å²) < 4.78 is 0. The molecule has 0 bridgehead atoms. The van der Waals surface area contributed by atoms with Crippen LogP contribution < -0.4 is 5.32 Å². The van der Waals surface area contributed by atoms with Gasteiger partial charge in [-0.15, -0.1) is 11.6 Å². The fourth-order valence-electron chi connectivity index (χ4n) is 0.662. The summed E-state index contributed by atoms with van der Waals surface area (Å²) in [7, 11) is 0. The number of alkyl halides is 1. The van der Waals surface area contributed by atoms with Gasteiger partial charge in [0.05, 0.1) is 6.61 Å². The van der Waals surface area contributed by atoms with Gasteiger partial charge in [0.1, 0.15) is 0 Å². The maximum atomic E-state index is 8.65. The van der Waals surface area contributed by atoms with Crippen molar-refractivity contribution < 1.29 is 5.11 Å². The van der Waals surface area contributed by atoms with E-state index in [0.717, 1.165) is 25.0 Å². The standard InChI is InChI=1S/C9H17ClNO/c1-9(8-12)4-7-11-6-3-2-5-10/h4,6,11-12H,2-3,5,7-8H2,1H3/b9-4+. The summed E-state index contributed by atoms with van der Waals surface area (Å²) in [5.74, 6) is 0.712. The summed E-state index contributed by atoms with van der Waals surface area (Å²) in [4.78, 5) is 0. The second-order valence-corrected chi connectivity index (χ2v) is 3.03.